The number of rotatable bonds is 12. The monoisotopic (exact) mass is 540 g/mol. The molecule has 0 spiro atoms. The Kier molecular flexibility index (Phi) is 8.27. The summed E-state index contributed by atoms with van der Waals surface area (Å²) in [6.45, 7) is 8.16. The molecule has 0 radical (unpaired) electrons. The maximum atomic E-state index is 4.73. The van der Waals surface area contributed by atoms with E-state index in [1.54, 1.807) is 0 Å². The van der Waals surface area contributed by atoms with Gasteiger partial charge < -0.3 is 9.13 Å². The summed E-state index contributed by atoms with van der Waals surface area (Å²) in [5.74, 6) is 0. The first-order valence-corrected chi connectivity index (χ1v) is 15.3. The van der Waals surface area contributed by atoms with E-state index in [1.165, 1.54) is 74.0 Å². The number of benzene rings is 4. The molecule has 0 fully saturated rings. The molecule has 0 atom stereocenters. The van der Waals surface area contributed by atoms with E-state index in [0.717, 1.165) is 39.0 Å². The highest BCUT2D eigenvalue weighted by Crippen LogP contribution is 2.30. The topological polar surface area (TPSA) is 34.6 Å². The Balaban J connectivity index is 0.936. The van der Waals surface area contributed by atoms with E-state index >= 15 is 0 Å². The van der Waals surface area contributed by atoms with Crippen LogP contribution in [0.2, 0.25) is 0 Å². The number of para-hydroxylation sites is 2. The zero-order chi connectivity index (χ0) is 28.0. The second-order valence-electron chi connectivity index (χ2n) is 10.9. The number of hydrogen-bond donors (Lipinski definition) is 0. The van der Waals surface area contributed by atoms with Crippen LogP contribution in [0.4, 0.5) is 0 Å². The summed E-state index contributed by atoms with van der Waals surface area (Å²) in [5.41, 5.74) is 7.59. The van der Waals surface area contributed by atoms with E-state index in [0.29, 0.717) is 0 Å². The molecule has 4 nitrogen and oxygen atoms in total. The molecule has 208 valence electrons. The molecule has 2 aromatic heterocycles. The minimum atomic E-state index is 0.893. The van der Waals surface area contributed by atoms with Crippen molar-refractivity contribution in [2.45, 2.75) is 59.0 Å². The molecular weight excluding hydrogens is 500 g/mol. The van der Waals surface area contributed by atoms with Crippen LogP contribution in [0.15, 0.2) is 94.9 Å². The van der Waals surface area contributed by atoms with Gasteiger partial charge in [-0.3, -0.25) is 9.98 Å². The Morgan fingerprint density at radius 2 is 0.902 bits per heavy atom. The van der Waals surface area contributed by atoms with Crippen molar-refractivity contribution in [2.75, 3.05) is 13.1 Å². The van der Waals surface area contributed by atoms with Gasteiger partial charge in [0.1, 0.15) is 0 Å². The van der Waals surface area contributed by atoms with Gasteiger partial charge in [-0.2, -0.15) is 0 Å². The SMILES string of the molecule is CCn1c2ccccc2c2cc(C=NCCCCCCC/N=C/c3ccc4c(c3)c3ccccc3n4CC)ccc21. The molecule has 0 aliphatic heterocycles. The molecule has 0 saturated heterocycles. The number of unbranched alkanes of at least 4 members (excludes halogenated alkanes) is 4. The third-order valence-electron chi connectivity index (χ3n) is 8.28. The van der Waals surface area contributed by atoms with Crippen molar-refractivity contribution in [3.63, 3.8) is 0 Å². The van der Waals surface area contributed by atoms with Crippen molar-refractivity contribution in [2.24, 2.45) is 9.98 Å². The Hall–Kier alpha value is -4.18. The van der Waals surface area contributed by atoms with Gasteiger partial charge in [0.2, 0.25) is 0 Å². The Morgan fingerprint density at radius 3 is 1.37 bits per heavy atom. The molecule has 0 unspecified atom stereocenters. The summed E-state index contributed by atoms with van der Waals surface area (Å²) in [7, 11) is 0. The third kappa shape index (κ3) is 5.56. The van der Waals surface area contributed by atoms with Crippen LogP contribution in [0, 0.1) is 0 Å². The number of aliphatic imine (C=N–C) groups is 2. The highest BCUT2D eigenvalue weighted by atomic mass is 15.0. The molecule has 0 aliphatic rings. The first kappa shape index (κ1) is 27.0. The summed E-state index contributed by atoms with van der Waals surface area (Å²) in [4.78, 5) is 9.45. The summed E-state index contributed by atoms with van der Waals surface area (Å²) in [5, 5.41) is 5.29. The van der Waals surface area contributed by atoms with Crippen LogP contribution in [0.3, 0.4) is 0 Å². The molecule has 0 amide bonds. The second kappa shape index (κ2) is 12.6. The lowest BCUT2D eigenvalue weighted by molar-refractivity contribution is 0.625. The number of hydrogen-bond acceptors (Lipinski definition) is 2. The summed E-state index contributed by atoms with van der Waals surface area (Å²) in [6.07, 6.45) is 10.1. The molecule has 6 rings (SSSR count). The van der Waals surface area contributed by atoms with E-state index in [2.05, 4.69) is 108 Å². The van der Waals surface area contributed by atoms with E-state index in [9.17, 15) is 0 Å². The predicted octanol–water partition coefficient (Wildman–Crippen LogP) is 9.43. The zero-order valence-electron chi connectivity index (χ0n) is 24.4. The van der Waals surface area contributed by atoms with Gasteiger partial charge in [0.15, 0.2) is 0 Å². The average molecular weight is 541 g/mol. The third-order valence-corrected chi connectivity index (χ3v) is 8.28. The first-order chi connectivity index (χ1) is 20.3. The van der Waals surface area contributed by atoms with E-state index in [4.69, 9.17) is 9.98 Å². The van der Waals surface area contributed by atoms with Gasteiger partial charge in [-0.25, -0.2) is 0 Å². The molecule has 2 heterocycles. The minimum absolute atomic E-state index is 0.893. The van der Waals surface area contributed by atoms with Crippen LogP contribution in [-0.4, -0.2) is 34.7 Å². The summed E-state index contributed by atoms with van der Waals surface area (Å²) in [6, 6.07) is 30.8. The van der Waals surface area contributed by atoms with Crippen LogP contribution in [-0.2, 0) is 13.1 Å². The smallest absolute Gasteiger partial charge is 0.0491 e. The van der Waals surface area contributed by atoms with E-state index in [1.807, 2.05) is 12.4 Å². The molecule has 0 N–H and O–H groups in total. The minimum Gasteiger partial charge on any atom is -0.341 e. The lowest BCUT2D eigenvalue weighted by Gasteiger charge is -2.03. The maximum Gasteiger partial charge on any atom is 0.0491 e. The number of fused-ring (bicyclic) bond motifs is 6. The van der Waals surface area contributed by atoms with Gasteiger partial charge in [0, 0.05) is 82.2 Å². The van der Waals surface area contributed by atoms with Gasteiger partial charge in [-0.15, -0.1) is 0 Å². The second-order valence-corrected chi connectivity index (χ2v) is 10.9. The Morgan fingerprint density at radius 1 is 0.488 bits per heavy atom. The number of nitrogens with zero attached hydrogens (tertiary/aromatic N) is 4. The normalized spacial score (nSPS) is 12.3. The fourth-order valence-electron chi connectivity index (χ4n) is 6.26. The quantitative estimate of drug-likeness (QED) is 0.109. The summed E-state index contributed by atoms with van der Waals surface area (Å²) >= 11 is 0. The van der Waals surface area contributed by atoms with Gasteiger partial charge in [0.05, 0.1) is 0 Å². The van der Waals surface area contributed by atoms with Crippen LogP contribution >= 0.6 is 0 Å². The van der Waals surface area contributed by atoms with Crippen molar-refractivity contribution in [1.29, 1.82) is 0 Å². The van der Waals surface area contributed by atoms with Gasteiger partial charge in [-0.05, 0) is 74.2 Å². The number of aryl methyl sites for hydroxylation is 2. The molecule has 0 aliphatic carbocycles. The van der Waals surface area contributed by atoms with Gasteiger partial charge in [0.25, 0.3) is 0 Å². The lowest BCUT2D eigenvalue weighted by Crippen LogP contribution is -1.93. The van der Waals surface area contributed by atoms with Gasteiger partial charge in [-0.1, -0.05) is 67.8 Å². The molecular formula is C37H40N4. The van der Waals surface area contributed by atoms with Crippen LogP contribution in [0.25, 0.3) is 43.6 Å². The number of aromatic nitrogens is 2. The predicted molar refractivity (Wildman–Crippen MR) is 178 cm³/mol. The highest BCUT2D eigenvalue weighted by Gasteiger charge is 2.10. The lowest BCUT2D eigenvalue weighted by atomic mass is 10.1. The van der Waals surface area contributed by atoms with Crippen LogP contribution in [0.5, 0.6) is 0 Å². The zero-order valence-corrected chi connectivity index (χ0v) is 24.4. The average Bonchev–Trinajstić information content (AvgIpc) is 3.51. The molecule has 0 bridgehead atoms. The standard InChI is InChI=1S/C37H40N4/c1-3-40-34-16-10-8-14-30(34)32-24-28(18-20-36(32)40)26-38-22-12-6-5-7-13-23-39-27-29-19-21-37-33(25-29)31-15-9-11-17-35(31)41(37)4-2/h8-11,14-21,24-27H,3-7,12-13,22-23H2,1-2H3/b38-26+,39-27?. The largest absolute Gasteiger partial charge is 0.341 e. The van der Waals surface area contributed by atoms with E-state index < -0.39 is 0 Å². The fraction of sp³-hybridized carbons (Fsp3) is 0.297. The van der Waals surface area contributed by atoms with Crippen molar-refractivity contribution in [3.05, 3.63) is 96.1 Å². The van der Waals surface area contributed by atoms with Crippen molar-refractivity contribution in [3.8, 4) is 0 Å². The van der Waals surface area contributed by atoms with Gasteiger partial charge >= 0.3 is 0 Å². The fourth-order valence-corrected chi connectivity index (χ4v) is 6.26. The van der Waals surface area contributed by atoms with Crippen molar-refractivity contribution >= 4 is 56.0 Å². The molecule has 4 heteroatoms. The molecule has 41 heavy (non-hydrogen) atoms. The molecule has 4 aromatic carbocycles. The van der Waals surface area contributed by atoms with Crippen molar-refractivity contribution in [1.82, 2.24) is 9.13 Å². The van der Waals surface area contributed by atoms with Crippen molar-refractivity contribution < 1.29 is 0 Å². The Labute approximate surface area is 243 Å². The molecule has 0 saturated carbocycles. The maximum absolute atomic E-state index is 4.73. The summed E-state index contributed by atoms with van der Waals surface area (Å²) < 4.78 is 4.78. The molecule has 6 aromatic rings. The first-order valence-electron chi connectivity index (χ1n) is 15.3. The van der Waals surface area contributed by atoms with Crippen LogP contribution < -0.4 is 0 Å². The highest BCUT2D eigenvalue weighted by molar-refractivity contribution is 6.10. The Bertz CT molecular complexity index is 1710. The van der Waals surface area contributed by atoms with E-state index in [-0.39, 0.29) is 0 Å². The van der Waals surface area contributed by atoms with Crippen LogP contribution in [0.1, 0.15) is 57.1 Å².